The molecule has 0 bridgehead atoms. The summed E-state index contributed by atoms with van der Waals surface area (Å²) in [6.45, 7) is 4.66. The number of nitrogens with two attached hydrogens (primary N) is 1. The van der Waals surface area contributed by atoms with E-state index in [4.69, 9.17) is 10.5 Å². The standard InChI is InChI=1S/C13H17N3O4/c1-8-6-15(7-9(2)20-8)13(17)11-5-10(16(18)19)3-4-12(11)14/h3-5,8-9H,6-7,14H2,1-2H3. The van der Waals surface area contributed by atoms with Crippen molar-refractivity contribution in [1.29, 1.82) is 0 Å². The van der Waals surface area contributed by atoms with Crippen LogP contribution in [0.5, 0.6) is 0 Å². The molecule has 2 N–H and O–H groups in total. The van der Waals surface area contributed by atoms with E-state index < -0.39 is 4.92 Å². The molecule has 1 aliphatic rings. The van der Waals surface area contributed by atoms with E-state index in [1.165, 1.54) is 18.2 Å². The van der Waals surface area contributed by atoms with Gasteiger partial charge in [0.05, 0.1) is 22.7 Å². The summed E-state index contributed by atoms with van der Waals surface area (Å²) in [4.78, 5) is 24.3. The summed E-state index contributed by atoms with van der Waals surface area (Å²) in [5, 5.41) is 10.8. The summed E-state index contributed by atoms with van der Waals surface area (Å²) in [6, 6.07) is 3.90. The van der Waals surface area contributed by atoms with Crippen molar-refractivity contribution in [2.45, 2.75) is 26.1 Å². The molecule has 1 fully saturated rings. The van der Waals surface area contributed by atoms with Gasteiger partial charge in [0.1, 0.15) is 0 Å². The molecule has 2 unspecified atom stereocenters. The monoisotopic (exact) mass is 279 g/mol. The van der Waals surface area contributed by atoms with Gasteiger partial charge in [-0.3, -0.25) is 14.9 Å². The van der Waals surface area contributed by atoms with E-state index in [0.29, 0.717) is 13.1 Å². The van der Waals surface area contributed by atoms with Gasteiger partial charge in [-0.05, 0) is 19.9 Å². The number of nitro benzene ring substituents is 1. The van der Waals surface area contributed by atoms with Gasteiger partial charge in [-0.15, -0.1) is 0 Å². The highest BCUT2D eigenvalue weighted by molar-refractivity contribution is 5.99. The van der Waals surface area contributed by atoms with Gasteiger partial charge in [0.15, 0.2) is 0 Å². The van der Waals surface area contributed by atoms with Crippen molar-refractivity contribution < 1.29 is 14.5 Å². The first kappa shape index (κ1) is 14.3. The second-order valence-electron chi connectivity index (χ2n) is 5.00. The molecule has 0 saturated carbocycles. The predicted molar refractivity (Wildman–Crippen MR) is 73.4 cm³/mol. The van der Waals surface area contributed by atoms with Gasteiger partial charge < -0.3 is 15.4 Å². The van der Waals surface area contributed by atoms with Crippen molar-refractivity contribution in [1.82, 2.24) is 4.90 Å². The number of carbonyl (C=O) groups excluding carboxylic acids is 1. The minimum atomic E-state index is -0.541. The highest BCUT2D eigenvalue weighted by Gasteiger charge is 2.28. The summed E-state index contributed by atoms with van der Waals surface area (Å²) < 4.78 is 5.56. The number of nitro groups is 1. The van der Waals surface area contributed by atoms with Crippen molar-refractivity contribution in [3.05, 3.63) is 33.9 Å². The van der Waals surface area contributed by atoms with E-state index in [1.807, 2.05) is 13.8 Å². The van der Waals surface area contributed by atoms with E-state index in [-0.39, 0.29) is 35.1 Å². The summed E-state index contributed by atoms with van der Waals surface area (Å²) in [5.41, 5.74) is 6.03. The summed E-state index contributed by atoms with van der Waals surface area (Å²) in [6.07, 6.45) is -0.134. The molecular formula is C13H17N3O4. The normalized spacial score (nSPS) is 22.6. The van der Waals surface area contributed by atoms with Crippen LogP contribution in [-0.2, 0) is 4.74 Å². The van der Waals surface area contributed by atoms with Crippen LogP contribution >= 0.6 is 0 Å². The molecule has 1 aromatic rings. The van der Waals surface area contributed by atoms with E-state index in [2.05, 4.69) is 0 Å². The van der Waals surface area contributed by atoms with Crippen molar-refractivity contribution in [3.8, 4) is 0 Å². The molecule has 0 aromatic heterocycles. The van der Waals surface area contributed by atoms with Gasteiger partial charge in [0.2, 0.25) is 0 Å². The van der Waals surface area contributed by atoms with E-state index >= 15 is 0 Å². The van der Waals surface area contributed by atoms with Crippen molar-refractivity contribution in [2.24, 2.45) is 0 Å². The van der Waals surface area contributed by atoms with Crippen LogP contribution in [-0.4, -0.2) is 41.0 Å². The Morgan fingerprint density at radius 2 is 2.00 bits per heavy atom. The molecule has 1 aromatic carbocycles. The van der Waals surface area contributed by atoms with Gasteiger partial charge in [-0.2, -0.15) is 0 Å². The first-order valence-electron chi connectivity index (χ1n) is 6.37. The average molecular weight is 279 g/mol. The van der Waals surface area contributed by atoms with E-state index in [0.717, 1.165) is 0 Å². The number of benzene rings is 1. The van der Waals surface area contributed by atoms with Crippen molar-refractivity contribution in [3.63, 3.8) is 0 Å². The quantitative estimate of drug-likeness (QED) is 0.501. The molecule has 1 saturated heterocycles. The van der Waals surface area contributed by atoms with Gasteiger partial charge >= 0.3 is 0 Å². The van der Waals surface area contributed by atoms with Crippen molar-refractivity contribution >= 4 is 17.3 Å². The smallest absolute Gasteiger partial charge is 0.270 e. The fourth-order valence-electron chi connectivity index (χ4n) is 2.36. The molecule has 1 heterocycles. The molecule has 0 spiro atoms. The lowest BCUT2D eigenvalue weighted by Gasteiger charge is -2.35. The SMILES string of the molecule is CC1CN(C(=O)c2cc([N+](=O)[O-])ccc2N)CC(C)O1. The highest BCUT2D eigenvalue weighted by atomic mass is 16.6. The molecule has 108 valence electrons. The number of rotatable bonds is 2. The van der Waals surface area contributed by atoms with Gasteiger partial charge in [-0.1, -0.05) is 0 Å². The van der Waals surface area contributed by atoms with Gasteiger partial charge in [-0.25, -0.2) is 0 Å². The summed E-state index contributed by atoms with van der Waals surface area (Å²) >= 11 is 0. The van der Waals surface area contributed by atoms with Crippen molar-refractivity contribution in [2.75, 3.05) is 18.8 Å². The molecule has 1 amide bonds. The van der Waals surface area contributed by atoms with Gasteiger partial charge in [0.25, 0.3) is 11.6 Å². The zero-order valence-corrected chi connectivity index (χ0v) is 11.4. The van der Waals surface area contributed by atoms with Crippen LogP contribution in [0.25, 0.3) is 0 Å². The molecular weight excluding hydrogens is 262 g/mol. The van der Waals surface area contributed by atoms with Crippen LogP contribution in [0, 0.1) is 10.1 Å². The fourth-order valence-corrected chi connectivity index (χ4v) is 2.36. The lowest BCUT2D eigenvalue weighted by molar-refractivity contribution is -0.384. The van der Waals surface area contributed by atoms with Gasteiger partial charge in [0, 0.05) is 30.9 Å². The molecule has 20 heavy (non-hydrogen) atoms. The number of anilines is 1. The number of nitrogens with zero attached hydrogens (tertiary/aromatic N) is 2. The molecule has 1 aliphatic heterocycles. The number of nitrogen functional groups attached to an aromatic ring is 1. The van der Waals surface area contributed by atoms with E-state index in [9.17, 15) is 14.9 Å². The molecule has 2 rings (SSSR count). The van der Waals surface area contributed by atoms with Crippen LogP contribution in [0.15, 0.2) is 18.2 Å². The molecule has 0 aliphatic carbocycles. The number of morpholine rings is 1. The topological polar surface area (TPSA) is 98.7 Å². The Labute approximate surface area is 116 Å². The lowest BCUT2D eigenvalue weighted by atomic mass is 10.1. The maximum absolute atomic E-state index is 12.5. The van der Waals surface area contributed by atoms with Crippen LogP contribution in [0.2, 0.25) is 0 Å². The molecule has 2 atom stereocenters. The largest absolute Gasteiger partial charge is 0.398 e. The third-order valence-electron chi connectivity index (χ3n) is 3.18. The summed E-state index contributed by atoms with van der Waals surface area (Å²) in [5.74, 6) is -0.298. The third kappa shape index (κ3) is 2.88. The Morgan fingerprint density at radius 1 is 1.40 bits per heavy atom. The first-order valence-corrected chi connectivity index (χ1v) is 6.37. The molecule has 7 nitrogen and oxygen atoms in total. The number of non-ortho nitro benzene ring substituents is 1. The minimum Gasteiger partial charge on any atom is -0.398 e. The third-order valence-corrected chi connectivity index (χ3v) is 3.18. The average Bonchev–Trinajstić information content (AvgIpc) is 2.37. The zero-order chi connectivity index (χ0) is 14.9. The second kappa shape index (κ2) is 5.46. The Hall–Kier alpha value is -2.15. The highest BCUT2D eigenvalue weighted by Crippen LogP contribution is 2.23. The van der Waals surface area contributed by atoms with Crippen LogP contribution in [0.3, 0.4) is 0 Å². The number of ether oxygens (including phenoxy) is 1. The Kier molecular flexibility index (Phi) is 3.89. The summed E-state index contributed by atoms with van der Waals surface area (Å²) in [7, 11) is 0. The lowest BCUT2D eigenvalue weighted by Crippen LogP contribution is -2.48. The Balaban J connectivity index is 2.28. The maximum atomic E-state index is 12.5. The first-order chi connectivity index (χ1) is 9.38. The molecule has 0 radical (unpaired) electrons. The second-order valence-corrected chi connectivity index (χ2v) is 5.00. The minimum absolute atomic E-state index is 0.0670. The molecule has 7 heteroatoms. The number of carbonyl (C=O) groups is 1. The number of hydrogen-bond acceptors (Lipinski definition) is 5. The van der Waals surface area contributed by atoms with Crippen LogP contribution in [0.4, 0.5) is 11.4 Å². The number of amides is 1. The maximum Gasteiger partial charge on any atom is 0.270 e. The Morgan fingerprint density at radius 3 is 2.55 bits per heavy atom. The van der Waals surface area contributed by atoms with Crippen LogP contribution < -0.4 is 5.73 Å². The van der Waals surface area contributed by atoms with Crippen LogP contribution in [0.1, 0.15) is 24.2 Å². The fraction of sp³-hybridized carbons (Fsp3) is 0.462. The Bertz CT molecular complexity index is 536. The predicted octanol–water partition coefficient (Wildman–Crippen LogP) is 1.43. The van der Waals surface area contributed by atoms with E-state index in [1.54, 1.807) is 4.90 Å². The number of hydrogen-bond donors (Lipinski definition) is 1. The zero-order valence-electron chi connectivity index (χ0n) is 11.4.